The molecule has 0 atom stereocenters. The molecular formula is C12H15NO5S2. The molecule has 6 nitrogen and oxygen atoms in total. The molecule has 20 heavy (non-hydrogen) atoms. The van der Waals surface area contributed by atoms with E-state index in [1.165, 1.54) is 11.0 Å². The van der Waals surface area contributed by atoms with Gasteiger partial charge in [0, 0.05) is 6.54 Å². The molecule has 1 aromatic heterocycles. The maximum absolute atomic E-state index is 12.0. The lowest BCUT2D eigenvalue weighted by Crippen LogP contribution is -2.40. The van der Waals surface area contributed by atoms with Crippen molar-refractivity contribution in [3.8, 4) is 0 Å². The molecule has 1 aliphatic rings. The minimum absolute atomic E-state index is 0.0774. The van der Waals surface area contributed by atoms with Crippen molar-refractivity contribution in [3.63, 3.8) is 0 Å². The normalized spacial score (nSPS) is 16.9. The molecule has 2 heterocycles. The van der Waals surface area contributed by atoms with Crippen LogP contribution < -0.4 is 4.90 Å². The van der Waals surface area contributed by atoms with Gasteiger partial charge in [-0.25, -0.2) is 13.2 Å². The van der Waals surface area contributed by atoms with Gasteiger partial charge in [-0.2, -0.15) is 0 Å². The van der Waals surface area contributed by atoms with E-state index in [9.17, 15) is 18.0 Å². The number of ether oxygens (including phenoxy) is 1. The molecule has 1 aromatic rings. The van der Waals surface area contributed by atoms with Crippen molar-refractivity contribution >= 4 is 38.7 Å². The summed E-state index contributed by atoms with van der Waals surface area (Å²) in [6.07, 6.45) is 0.704. The van der Waals surface area contributed by atoms with Crippen molar-refractivity contribution in [1.29, 1.82) is 0 Å². The maximum Gasteiger partial charge on any atom is 0.348 e. The van der Waals surface area contributed by atoms with E-state index < -0.39 is 27.5 Å². The fourth-order valence-corrected chi connectivity index (χ4v) is 4.83. The van der Waals surface area contributed by atoms with Crippen LogP contribution in [0.3, 0.4) is 0 Å². The highest BCUT2D eigenvalue weighted by Crippen LogP contribution is 2.38. The number of hydrogen-bond acceptors (Lipinski definition) is 6. The number of sulfone groups is 1. The van der Waals surface area contributed by atoms with Crippen LogP contribution in [0.25, 0.3) is 0 Å². The monoisotopic (exact) mass is 317 g/mol. The van der Waals surface area contributed by atoms with Crippen molar-refractivity contribution < 1.29 is 22.7 Å². The topological polar surface area (TPSA) is 80.8 Å². The average molecular weight is 317 g/mol. The Labute approximate surface area is 121 Å². The summed E-state index contributed by atoms with van der Waals surface area (Å²) in [5.41, 5.74) is 0.302. The van der Waals surface area contributed by atoms with E-state index in [1.807, 2.05) is 6.92 Å². The minimum atomic E-state index is -3.65. The van der Waals surface area contributed by atoms with Crippen molar-refractivity contribution in [1.82, 2.24) is 0 Å². The lowest BCUT2D eigenvalue weighted by Gasteiger charge is -2.26. The number of rotatable bonds is 4. The van der Waals surface area contributed by atoms with E-state index in [2.05, 4.69) is 0 Å². The highest BCUT2D eigenvalue weighted by molar-refractivity contribution is 7.94. The predicted molar refractivity (Wildman–Crippen MR) is 75.0 cm³/mol. The van der Waals surface area contributed by atoms with Gasteiger partial charge in [0.2, 0.25) is 5.91 Å². The third kappa shape index (κ3) is 2.57. The van der Waals surface area contributed by atoms with Crippen molar-refractivity contribution in [3.05, 3.63) is 10.9 Å². The van der Waals surface area contributed by atoms with Crippen LogP contribution in [0.4, 0.5) is 5.69 Å². The van der Waals surface area contributed by atoms with E-state index in [0.29, 0.717) is 18.7 Å². The fraction of sp³-hybridized carbons (Fsp3) is 0.500. The fourth-order valence-electron chi connectivity index (χ4n) is 1.99. The van der Waals surface area contributed by atoms with Gasteiger partial charge in [-0.1, -0.05) is 6.92 Å². The number of hydrogen-bond donors (Lipinski definition) is 0. The van der Waals surface area contributed by atoms with Crippen LogP contribution in [0.1, 0.15) is 29.9 Å². The Balaban J connectivity index is 2.51. The second-order valence-corrected chi connectivity index (χ2v) is 7.55. The third-order valence-electron chi connectivity index (χ3n) is 2.79. The van der Waals surface area contributed by atoms with E-state index in [1.54, 1.807) is 6.92 Å². The highest BCUT2D eigenvalue weighted by Gasteiger charge is 2.37. The molecule has 0 aromatic carbocycles. The zero-order valence-electron chi connectivity index (χ0n) is 11.2. The van der Waals surface area contributed by atoms with E-state index in [-0.39, 0.29) is 15.7 Å². The van der Waals surface area contributed by atoms with Crippen LogP contribution in [-0.4, -0.2) is 39.2 Å². The number of nitrogens with zero attached hydrogens (tertiary/aromatic N) is 1. The summed E-state index contributed by atoms with van der Waals surface area (Å²) in [4.78, 5) is 25.2. The number of amides is 1. The van der Waals surface area contributed by atoms with Gasteiger partial charge in [0.25, 0.3) is 0 Å². The zero-order chi connectivity index (χ0) is 14.9. The molecule has 1 amide bonds. The molecule has 2 rings (SSSR count). The van der Waals surface area contributed by atoms with Crippen LogP contribution in [0.2, 0.25) is 0 Å². The molecule has 0 saturated heterocycles. The minimum Gasteiger partial charge on any atom is -0.462 e. The van der Waals surface area contributed by atoms with Gasteiger partial charge in [0.15, 0.2) is 9.84 Å². The quantitative estimate of drug-likeness (QED) is 0.785. The number of thiophene rings is 1. The largest absolute Gasteiger partial charge is 0.462 e. The first kappa shape index (κ1) is 15.0. The molecule has 0 saturated carbocycles. The van der Waals surface area contributed by atoms with Crippen LogP contribution in [-0.2, 0) is 19.4 Å². The van der Waals surface area contributed by atoms with Gasteiger partial charge in [-0.15, -0.1) is 11.3 Å². The van der Waals surface area contributed by atoms with E-state index >= 15 is 0 Å². The summed E-state index contributed by atoms with van der Waals surface area (Å²) < 4.78 is 29.0. The SMILES string of the molecule is CCCN1C(=O)CS(=O)(=O)c2sc(C(=O)OCC)cc21. The van der Waals surface area contributed by atoms with Gasteiger partial charge in [-0.3, -0.25) is 4.79 Å². The van der Waals surface area contributed by atoms with Crippen molar-refractivity contribution in [2.24, 2.45) is 0 Å². The van der Waals surface area contributed by atoms with Gasteiger partial charge < -0.3 is 9.64 Å². The number of carbonyl (C=O) groups is 2. The second kappa shape index (κ2) is 5.53. The number of carbonyl (C=O) groups excluding carboxylic acids is 2. The summed E-state index contributed by atoms with van der Waals surface area (Å²) in [6, 6.07) is 1.43. The average Bonchev–Trinajstić information content (AvgIpc) is 2.80. The van der Waals surface area contributed by atoms with E-state index in [4.69, 9.17) is 4.74 Å². The third-order valence-corrected chi connectivity index (χ3v) is 6.10. The zero-order valence-corrected chi connectivity index (χ0v) is 12.8. The van der Waals surface area contributed by atoms with Gasteiger partial charge in [0.05, 0.1) is 12.3 Å². The van der Waals surface area contributed by atoms with Crippen LogP contribution in [0, 0.1) is 0 Å². The predicted octanol–water partition coefficient (Wildman–Crippen LogP) is 1.46. The standard InChI is InChI=1S/C12H15NO5S2/c1-3-5-13-8-6-9(11(15)18-4-2)19-12(8)20(16,17)7-10(13)14/h6H,3-5,7H2,1-2H3. The lowest BCUT2D eigenvalue weighted by molar-refractivity contribution is -0.116. The molecule has 0 unspecified atom stereocenters. The summed E-state index contributed by atoms with van der Waals surface area (Å²) in [6.45, 7) is 4.22. The van der Waals surface area contributed by atoms with Gasteiger partial charge in [-0.05, 0) is 19.4 Å². The Morgan fingerprint density at radius 1 is 1.45 bits per heavy atom. The summed E-state index contributed by atoms with van der Waals surface area (Å²) in [5, 5.41) is 0. The summed E-state index contributed by atoms with van der Waals surface area (Å²) in [5.74, 6) is -1.55. The second-order valence-electron chi connectivity index (χ2n) is 4.31. The molecule has 1 aliphatic heterocycles. The van der Waals surface area contributed by atoms with Crippen LogP contribution in [0.15, 0.2) is 10.3 Å². The molecule has 0 spiro atoms. The van der Waals surface area contributed by atoms with Crippen LogP contribution in [0.5, 0.6) is 0 Å². The molecule has 0 bridgehead atoms. The Bertz CT molecular complexity index is 647. The number of anilines is 1. The molecule has 0 aliphatic carbocycles. The molecule has 110 valence electrons. The Morgan fingerprint density at radius 2 is 2.15 bits per heavy atom. The first-order chi connectivity index (χ1) is 9.40. The Hall–Kier alpha value is -1.41. The molecular weight excluding hydrogens is 302 g/mol. The molecule has 0 N–H and O–H groups in total. The Kier molecular flexibility index (Phi) is 4.14. The molecule has 0 radical (unpaired) electrons. The smallest absolute Gasteiger partial charge is 0.348 e. The Morgan fingerprint density at radius 3 is 2.75 bits per heavy atom. The summed E-state index contributed by atoms with van der Waals surface area (Å²) in [7, 11) is -3.65. The van der Waals surface area contributed by atoms with Crippen LogP contribution >= 0.6 is 11.3 Å². The van der Waals surface area contributed by atoms with Crippen molar-refractivity contribution in [2.45, 2.75) is 24.5 Å². The number of fused-ring (bicyclic) bond motifs is 1. The lowest BCUT2D eigenvalue weighted by atomic mass is 10.3. The first-order valence-electron chi connectivity index (χ1n) is 6.24. The van der Waals surface area contributed by atoms with E-state index in [0.717, 1.165) is 11.3 Å². The number of esters is 1. The highest BCUT2D eigenvalue weighted by atomic mass is 32.2. The van der Waals surface area contributed by atoms with Crippen molar-refractivity contribution in [2.75, 3.05) is 23.8 Å². The summed E-state index contributed by atoms with van der Waals surface area (Å²) >= 11 is 0.866. The van der Waals surface area contributed by atoms with Gasteiger partial charge >= 0.3 is 5.97 Å². The maximum atomic E-state index is 12.0. The molecule has 0 fully saturated rings. The first-order valence-corrected chi connectivity index (χ1v) is 8.71. The van der Waals surface area contributed by atoms with Gasteiger partial charge in [0.1, 0.15) is 14.8 Å². The molecule has 8 heteroatoms.